The zero-order chi connectivity index (χ0) is 22.7. The van der Waals surface area contributed by atoms with Crippen molar-refractivity contribution < 1.29 is 24.0 Å². The van der Waals surface area contributed by atoms with Crippen molar-refractivity contribution in [3.8, 4) is 5.75 Å². The van der Waals surface area contributed by atoms with Gasteiger partial charge in [-0.2, -0.15) is 0 Å². The number of ether oxygens (including phenoxy) is 2. The van der Waals surface area contributed by atoms with Crippen molar-refractivity contribution in [2.24, 2.45) is 0 Å². The van der Waals surface area contributed by atoms with Gasteiger partial charge in [0.05, 0.1) is 29.4 Å². The Balaban J connectivity index is 1.55. The molecule has 0 atom stereocenters. The summed E-state index contributed by atoms with van der Waals surface area (Å²) in [5.74, 6) is -1.10. The third kappa shape index (κ3) is 4.06. The zero-order valence-electron chi connectivity index (χ0n) is 17.0. The SMILES string of the molecule is COc1cc([N+](=O)[O-])ccc1NC(=O)COC(=O)c1c2ccccc2cc2ccccc12. The molecule has 1 amide bonds. The quantitative estimate of drug-likeness (QED) is 0.206. The van der Waals surface area contributed by atoms with Crippen LogP contribution in [0.3, 0.4) is 0 Å². The van der Waals surface area contributed by atoms with Crippen LogP contribution in [0.4, 0.5) is 11.4 Å². The lowest BCUT2D eigenvalue weighted by Gasteiger charge is -2.12. The van der Waals surface area contributed by atoms with E-state index in [0.717, 1.165) is 21.5 Å². The smallest absolute Gasteiger partial charge is 0.339 e. The summed E-state index contributed by atoms with van der Waals surface area (Å²) in [5.41, 5.74) is 0.447. The first-order valence-electron chi connectivity index (χ1n) is 9.68. The molecule has 8 heteroatoms. The number of hydrogen-bond donors (Lipinski definition) is 1. The average molecular weight is 430 g/mol. The predicted octanol–water partition coefficient (Wildman–Crippen LogP) is 4.71. The summed E-state index contributed by atoms with van der Waals surface area (Å²) in [5, 5.41) is 16.7. The van der Waals surface area contributed by atoms with Crippen LogP contribution in [0, 0.1) is 10.1 Å². The van der Waals surface area contributed by atoms with Crippen LogP contribution in [0.2, 0.25) is 0 Å². The largest absolute Gasteiger partial charge is 0.494 e. The second kappa shape index (κ2) is 8.73. The molecule has 32 heavy (non-hydrogen) atoms. The van der Waals surface area contributed by atoms with Gasteiger partial charge in [-0.15, -0.1) is 0 Å². The number of methoxy groups -OCH3 is 1. The molecule has 8 nitrogen and oxygen atoms in total. The van der Waals surface area contributed by atoms with Crippen LogP contribution in [0.25, 0.3) is 21.5 Å². The van der Waals surface area contributed by atoms with Gasteiger partial charge in [-0.25, -0.2) is 4.79 Å². The molecule has 1 N–H and O–H groups in total. The molecule has 0 bridgehead atoms. The van der Waals surface area contributed by atoms with Crippen molar-refractivity contribution in [2.75, 3.05) is 19.0 Å². The highest BCUT2D eigenvalue weighted by Gasteiger charge is 2.18. The molecular formula is C24H18N2O6. The lowest BCUT2D eigenvalue weighted by atomic mass is 9.97. The number of nitro groups is 1. The van der Waals surface area contributed by atoms with Crippen LogP contribution in [0.15, 0.2) is 72.8 Å². The van der Waals surface area contributed by atoms with Gasteiger partial charge in [-0.1, -0.05) is 48.5 Å². The number of carbonyl (C=O) groups excluding carboxylic acids is 2. The van der Waals surface area contributed by atoms with Gasteiger partial charge in [0.15, 0.2) is 6.61 Å². The maximum atomic E-state index is 13.0. The number of rotatable bonds is 6. The van der Waals surface area contributed by atoms with Gasteiger partial charge in [0, 0.05) is 6.07 Å². The van der Waals surface area contributed by atoms with E-state index in [9.17, 15) is 19.7 Å². The number of nitrogens with one attached hydrogen (secondary N) is 1. The molecule has 0 saturated heterocycles. The highest BCUT2D eigenvalue weighted by atomic mass is 16.6. The first-order chi connectivity index (χ1) is 15.5. The number of fused-ring (bicyclic) bond motifs is 2. The standard InChI is InChI=1S/C24H18N2O6/c1-31-21-13-17(26(29)30)10-11-20(21)25-22(27)14-32-24(28)23-18-8-4-2-6-15(18)12-16-7-3-5-9-19(16)23/h2-13H,14H2,1H3,(H,25,27). The van der Waals surface area contributed by atoms with E-state index in [1.807, 2.05) is 54.6 Å². The Bertz CT molecular complexity index is 1310. The molecule has 0 unspecified atom stereocenters. The highest BCUT2D eigenvalue weighted by molar-refractivity contribution is 6.16. The summed E-state index contributed by atoms with van der Waals surface area (Å²) in [4.78, 5) is 35.7. The molecule has 0 heterocycles. The molecule has 0 fully saturated rings. The van der Waals surface area contributed by atoms with Gasteiger partial charge in [0.25, 0.3) is 11.6 Å². The molecule has 4 aromatic carbocycles. The molecule has 0 aromatic heterocycles. The lowest BCUT2D eigenvalue weighted by molar-refractivity contribution is -0.384. The number of amides is 1. The average Bonchev–Trinajstić information content (AvgIpc) is 2.81. The molecule has 0 aliphatic rings. The van der Waals surface area contributed by atoms with Crippen molar-refractivity contribution in [3.05, 3.63) is 88.5 Å². The Hall–Kier alpha value is -4.46. The Morgan fingerprint density at radius 2 is 1.56 bits per heavy atom. The summed E-state index contributed by atoms with van der Waals surface area (Å²) in [7, 11) is 1.33. The normalized spacial score (nSPS) is 10.7. The van der Waals surface area contributed by atoms with E-state index in [1.54, 1.807) is 0 Å². The van der Waals surface area contributed by atoms with Gasteiger partial charge >= 0.3 is 5.97 Å². The molecule has 0 radical (unpaired) electrons. The van der Waals surface area contributed by atoms with E-state index in [4.69, 9.17) is 9.47 Å². The third-order valence-electron chi connectivity index (χ3n) is 4.98. The van der Waals surface area contributed by atoms with Crippen LogP contribution in [-0.2, 0) is 9.53 Å². The summed E-state index contributed by atoms with van der Waals surface area (Å²) in [6.07, 6.45) is 0. The second-order valence-corrected chi connectivity index (χ2v) is 6.96. The molecular weight excluding hydrogens is 412 g/mol. The van der Waals surface area contributed by atoms with Gasteiger partial charge in [-0.05, 0) is 33.7 Å². The van der Waals surface area contributed by atoms with Crippen molar-refractivity contribution in [1.82, 2.24) is 0 Å². The van der Waals surface area contributed by atoms with Crippen LogP contribution >= 0.6 is 0 Å². The molecule has 4 aromatic rings. The predicted molar refractivity (Wildman–Crippen MR) is 120 cm³/mol. The van der Waals surface area contributed by atoms with Crippen LogP contribution in [0.1, 0.15) is 10.4 Å². The Labute approximate surface area is 182 Å². The minimum absolute atomic E-state index is 0.124. The van der Waals surface area contributed by atoms with Crippen LogP contribution in [-0.4, -0.2) is 30.5 Å². The van der Waals surface area contributed by atoms with Gasteiger partial charge in [0.1, 0.15) is 5.75 Å². The summed E-state index contributed by atoms with van der Waals surface area (Å²) in [6, 6.07) is 20.7. The number of carbonyl (C=O) groups is 2. The zero-order valence-corrected chi connectivity index (χ0v) is 17.0. The lowest BCUT2D eigenvalue weighted by Crippen LogP contribution is -2.21. The molecule has 160 valence electrons. The fraction of sp³-hybridized carbons (Fsp3) is 0.0833. The van der Waals surface area contributed by atoms with Gasteiger partial charge in [-0.3, -0.25) is 14.9 Å². The van der Waals surface area contributed by atoms with E-state index in [-0.39, 0.29) is 17.1 Å². The Kier molecular flexibility index (Phi) is 5.67. The van der Waals surface area contributed by atoms with E-state index in [0.29, 0.717) is 5.56 Å². The van der Waals surface area contributed by atoms with E-state index >= 15 is 0 Å². The first-order valence-corrected chi connectivity index (χ1v) is 9.68. The van der Waals surface area contributed by atoms with E-state index < -0.39 is 23.4 Å². The maximum absolute atomic E-state index is 13.0. The summed E-state index contributed by atoms with van der Waals surface area (Å²) < 4.78 is 10.4. The third-order valence-corrected chi connectivity index (χ3v) is 4.98. The van der Waals surface area contributed by atoms with E-state index in [1.165, 1.54) is 25.3 Å². The number of anilines is 1. The second-order valence-electron chi connectivity index (χ2n) is 6.96. The topological polar surface area (TPSA) is 108 Å². The molecule has 4 rings (SSSR count). The number of hydrogen-bond acceptors (Lipinski definition) is 6. The molecule has 0 aliphatic heterocycles. The van der Waals surface area contributed by atoms with Crippen LogP contribution in [0.5, 0.6) is 5.75 Å². The van der Waals surface area contributed by atoms with Crippen molar-refractivity contribution >= 4 is 44.8 Å². The summed E-state index contributed by atoms with van der Waals surface area (Å²) in [6.45, 7) is -0.531. The molecule has 0 spiro atoms. The van der Waals surface area contributed by atoms with Gasteiger partial charge < -0.3 is 14.8 Å². The van der Waals surface area contributed by atoms with Crippen molar-refractivity contribution in [3.63, 3.8) is 0 Å². The first kappa shape index (κ1) is 20.8. The summed E-state index contributed by atoms with van der Waals surface area (Å²) >= 11 is 0. The van der Waals surface area contributed by atoms with Crippen LogP contribution < -0.4 is 10.1 Å². The number of benzene rings is 4. The van der Waals surface area contributed by atoms with Crippen molar-refractivity contribution in [1.29, 1.82) is 0 Å². The van der Waals surface area contributed by atoms with Gasteiger partial charge in [0.2, 0.25) is 0 Å². The number of nitrogens with zero attached hydrogens (tertiary/aromatic N) is 1. The number of nitro benzene ring substituents is 1. The maximum Gasteiger partial charge on any atom is 0.339 e. The monoisotopic (exact) mass is 430 g/mol. The minimum Gasteiger partial charge on any atom is -0.494 e. The molecule has 0 aliphatic carbocycles. The number of non-ortho nitro benzene ring substituents is 1. The van der Waals surface area contributed by atoms with E-state index in [2.05, 4.69) is 5.32 Å². The fourth-order valence-electron chi connectivity index (χ4n) is 3.52. The fourth-order valence-corrected chi connectivity index (χ4v) is 3.52. The minimum atomic E-state index is -0.621. The van der Waals surface area contributed by atoms with Crippen molar-refractivity contribution in [2.45, 2.75) is 0 Å². The number of esters is 1. The highest BCUT2D eigenvalue weighted by Crippen LogP contribution is 2.30. The Morgan fingerprint density at radius 3 is 2.16 bits per heavy atom. The molecule has 0 saturated carbocycles. The Morgan fingerprint density at radius 1 is 0.938 bits per heavy atom.